The van der Waals surface area contributed by atoms with Crippen LogP contribution in [0.5, 0.6) is 0 Å². The molecule has 4 rings (SSSR count). The fraction of sp³-hybridized carbons (Fsp3) is 0.0500. The molecule has 2 aromatic carbocycles. The van der Waals surface area contributed by atoms with E-state index in [1.165, 1.54) is 35.0 Å². The minimum atomic E-state index is -0.621. The van der Waals surface area contributed by atoms with E-state index in [2.05, 4.69) is 10.1 Å². The minimum Gasteiger partial charge on any atom is -0.333 e. The fourth-order valence-electron chi connectivity index (χ4n) is 2.95. The standard InChI is InChI=1S/C20H10Cl4N4O4/c21-12-3-1-11(16(24)7-12)8-27-9-13(22)6-14(20(27)29)19-25-18(26-32-19)10-2-4-15(23)17(5-10)28(30)31/h1-7,9H,8H2. The Morgan fingerprint density at radius 2 is 1.78 bits per heavy atom. The zero-order valence-corrected chi connectivity index (χ0v) is 18.8. The summed E-state index contributed by atoms with van der Waals surface area (Å²) in [6.45, 7) is 0.132. The van der Waals surface area contributed by atoms with Gasteiger partial charge in [-0.2, -0.15) is 4.98 Å². The van der Waals surface area contributed by atoms with Gasteiger partial charge in [0, 0.05) is 27.9 Å². The van der Waals surface area contributed by atoms with Gasteiger partial charge in [-0.05, 0) is 35.9 Å². The van der Waals surface area contributed by atoms with Crippen LogP contribution in [-0.4, -0.2) is 19.6 Å². The molecule has 0 saturated heterocycles. The van der Waals surface area contributed by atoms with Crippen molar-refractivity contribution in [2.45, 2.75) is 6.54 Å². The van der Waals surface area contributed by atoms with Crippen molar-refractivity contribution in [3.05, 3.63) is 94.8 Å². The Morgan fingerprint density at radius 1 is 1.00 bits per heavy atom. The Bertz CT molecular complexity index is 1420. The summed E-state index contributed by atoms with van der Waals surface area (Å²) < 4.78 is 6.59. The van der Waals surface area contributed by atoms with Gasteiger partial charge in [0.1, 0.15) is 10.6 Å². The average molecular weight is 512 g/mol. The van der Waals surface area contributed by atoms with Gasteiger partial charge in [-0.25, -0.2) is 0 Å². The van der Waals surface area contributed by atoms with Gasteiger partial charge in [0.15, 0.2) is 0 Å². The van der Waals surface area contributed by atoms with Gasteiger partial charge in [0.25, 0.3) is 17.1 Å². The van der Waals surface area contributed by atoms with Crippen molar-refractivity contribution in [2.24, 2.45) is 0 Å². The lowest BCUT2D eigenvalue weighted by atomic mass is 10.2. The van der Waals surface area contributed by atoms with Crippen LogP contribution in [0.3, 0.4) is 0 Å². The highest BCUT2D eigenvalue weighted by Crippen LogP contribution is 2.30. The van der Waals surface area contributed by atoms with Crippen molar-refractivity contribution in [2.75, 3.05) is 0 Å². The highest BCUT2D eigenvalue weighted by atomic mass is 35.5. The molecule has 8 nitrogen and oxygen atoms in total. The number of nitro benzene ring substituents is 1. The molecular formula is C20H10Cl4N4O4. The number of hydrogen-bond acceptors (Lipinski definition) is 6. The van der Waals surface area contributed by atoms with E-state index < -0.39 is 10.5 Å². The fourth-order valence-corrected chi connectivity index (χ4v) is 3.83. The number of aromatic nitrogens is 3. The van der Waals surface area contributed by atoms with Crippen LogP contribution in [-0.2, 0) is 6.54 Å². The monoisotopic (exact) mass is 510 g/mol. The second kappa shape index (κ2) is 8.91. The third-order valence-corrected chi connectivity index (χ3v) is 5.58. The Hall–Kier alpha value is -2.91. The molecule has 0 amide bonds. The molecule has 2 aromatic heterocycles. The Kier molecular flexibility index (Phi) is 6.21. The van der Waals surface area contributed by atoms with Crippen LogP contribution in [0.15, 0.2) is 58.0 Å². The number of nitrogens with zero attached hydrogens (tertiary/aromatic N) is 4. The molecule has 162 valence electrons. The second-order valence-electron chi connectivity index (χ2n) is 6.59. The molecule has 0 aliphatic carbocycles. The first-order chi connectivity index (χ1) is 15.2. The van der Waals surface area contributed by atoms with Crippen molar-refractivity contribution < 1.29 is 9.45 Å². The van der Waals surface area contributed by atoms with Crippen molar-refractivity contribution >= 4 is 52.1 Å². The van der Waals surface area contributed by atoms with Gasteiger partial charge < -0.3 is 9.09 Å². The summed E-state index contributed by atoms with van der Waals surface area (Å²) >= 11 is 24.2. The van der Waals surface area contributed by atoms with E-state index in [1.807, 2.05) is 0 Å². The lowest BCUT2D eigenvalue weighted by molar-refractivity contribution is -0.384. The number of nitro groups is 1. The Balaban J connectivity index is 1.73. The molecule has 0 saturated carbocycles. The van der Waals surface area contributed by atoms with Crippen LogP contribution in [0.1, 0.15) is 5.56 Å². The van der Waals surface area contributed by atoms with Crippen molar-refractivity contribution in [1.29, 1.82) is 0 Å². The van der Waals surface area contributed by atoms with Gasteiger partial charge >= 0.3 is 0 Å². The van der Waals surface area contributed by atoms with Crippen LogP contribution in [0.25, 0.3) is 22.8 Å². The highest BCUT2D eigenvalue weighted by Gasteiger charge is 2.20. The van der Waals surface area contributed by atoms with Crippen LogP contribution in [0.2, 0.25) is 20.1 Å². The molecule has 0 spiro atoms. The molecule has 0 N–H and O–H groups in total. The first-order valence-electron chi connectivity index (χ1n) is 8.85. The van der Waals surface area contributed by atoms with E-state index in [1.54, 1.807) is 18.2 Å². The smallest absolute Gasteiger partial charge is 0.288 e. The molecule has 0 atom stereocenters. The maximum Gasteiger partial charge on any atom is 0.288 e. The number of halogens is 4. The van der Waals surface area contributed by atoms with Crippen LogP contribution in [0, 0.1) is 10.1 Å². The summed E-state index contributed by atoms with van der Waals surface area (Å²) in [5.41, 5.74) is 0.264. The predicted octanol–water partition coefficient (Wildman–Crippen LogP) is 6.14. The van der Waals surface area contributed by atoms with Crippen LogP contribution in [0.4, 0.5) is 5.69 Å². The van der Waals surface area contributed by atoms with Gasteiger partial charge in [-0.1, -0.05) is 57.6 Å². The van der Waals surface area contributed by atoms with Crippen molar-refractivity contribution in [3.8, 4) is 22.8 Å². The van der Waals surface area contributed by atoms with E-state index in [9.17, 15) is 14.9 Å². The van der Waals surface area contributed by atoms with E-state index in [-0.39, 0.29) is 39.6 Å². The lowest BCUT2D eigenvalue weighted by Gasteiger charge is -2.09. The lowest BCUT2D eigenvalue weighted by Crippen LogP contribution is -2.22. The quantitative estimate of drug-likeness (QED) is 0.235. The molecule has 0 aliphatic rings. The third-order valence-electron chi connectivity index (χ3n) is 4.47. The van der Waals surface area contributed by atoms with Crippen molar-refractivity contribution in [3.63, 3.8) is 0 Å². The molecule has 0 fully saturated rings. The molecule has 0 bridgehead atoms. The van der Waals surface area contributed by atoms with E-state index >= 15 is 0 Å². The SMILES string of the molecule is O=c1c(-c2nc(-c3ccc(Cl)c([N+](=O)[O-])c3)no2)cc(Cl)cn1Cc1ccc(Cl)cc1Cl. The molecule has 32 heavy (non-hydrogen) atoms. The van der Waals surface area contributed by atoms with Gasteiger partial charge in [-0.3, -0.25) is 14.9 Å². The molecule has 12 heteroatoms. The molecule has 0 unspecified atom stereocenters. The summed E-state index contributed by atoms with van der Waals surface area (Å²) in [5, 5.41) is 16.0. The van der Waals surface area contributed by atoms with Crippen LogP contribution < -0.4 is 5.56 Å². The summed E-state index contributed by atoms with van der Waals surface area (Å²) in [6, 6.07) is 10.4. The highest BCUT2D eigenvalue weighted by molar-refractivity contribution is 6.35. The normalized spacial score (nSPS) is 11.0. The summed E-state index contributed by atoms with van der Waals surface area (Å²) in [5.74, 6) is -0.0486. The van der Waals surface area contributed by atoms with Crippen LogP contribution >= 0.6 is 46.4 Å². The first-order valence-corrected chi connectivity index (χ1v) is 10.4. The molecule has 4 aromatic rings. The first kappa shape index (κ1) is 22.3. The average Bonchev–Trinajstić information content (AvgIpc) is 3.22. The minimum absolute atomic E-state index is 0.0268. The molecular weight excluding hydrogens is 502 g/mol. The zero-order valence-electron chi connectivity index (χ0n) is 15.8. The van der Waals surface area contributed by atoms with Gasteiger partial charge in [-0.15, -0.1) is 0 Å². The largest absolute Gasteiger partial charge is 0.333 e. The zero-order chi connectivity index (χ0) is 23.0. The molecule has 0 aliphatic heterocycles. The van der Waals surface area contributed by atoms with E-state index in [0.717, 1.165) is 0 Å². The van der Waals surface area contributed by atoms with Gasteiger partial charge in [0.05, 0.1) is 16.5 Å². The molecule has 2 heterocycles. The third kappa shape index (κ3) is 4.49. The number of rotatable bonds is 5. The second-order valence-corrected chi connectivity index (χ2v) is 8.27. The number of pyridine rings is 1. The Labute approximate surface area is 200 Å². The summed E-state index contributed by atoms with van der Waals surface area (Å²) in [7, 11) is 0. The number of benzene rings is 2. The topological polar surface area (TPSA) is 104 Å². The van der Waals surface area contributed by atoms with Gasteiger partial charge in [0.2, 0.25) is 5.82 Å². The number of hydrogen-bond donors (Lipinski definition) is 0. The molecule has 0 radical (unpaired) electrons. The van der Waals surface area contributed by atoms with E-state index in [0.29, 0.717) is 21.2 Å². The van der Waals surface area contributed by atoms with Crippen molar-refractivity contribution in [1.82, 2.24) is 14.7 Å². The summed E-state index contributed by atoms with van der Waals surface area (Å²) in [4.78, 5) is 27.7. The summed E-state index contributed by atoms with van der Waals surface area (Å²) in [6.07, 6.45) is 1.46. The Morgan fingerprint density at radius 3 is 2.50 bits per heavy atom. The maximum absolute atomic E-state index is 13.0. The maximum atomic E-state index is 13.0. The predicted molar refractivity (Wildman–Crippen MR) is 122 cm³/mol. The van der Waals surface area contributed by atoms with E-state index in [4.69, 9.17) is 50.9 Å².